The Hall–Kier alpha value is -1.94. The minimum Gasteiger partial charge on any atom is -0.375 e. The molecule has 2 N–H and O–H groups in total. The second kappa shape index (κ2) is 3.82. The number of nitrogens with two attached hydrogens (primary N) is 1. The van der Waals surface area contributed by atoms with Gasteiger partial charge in [-0.05, 0) is 19.1 Å². The van der Waals surface area contributed by atoms with Crippen molar-refractivity contribution in [1.29, 1.82) is 0 Å². The number of benzene rings is 1. The van der Waals surface area contributed by atoms with Crippen LogP contribution in [0.3, 0.4) is 0 Å². The van der Waals surface area contributed by atoms with Crippen LogP contribution in [0.5, 0.6) is 0 Å². The molecular formula is C13H11N3S. The fourth-order valence-corrected chi connectivity index (χ4v) is 2.60. The van der Waals surface area contributed by atoms with Crippen LogP contribution in [0, 0.1) is 6.92 Å². The average molecular weight is 241 g/mol. The summed E-state index contributed by atoms with van der Waals surface area (Å²) in [7, 11) is 0. The lowest BCUT2D eigenvalue weighted by molar-refractivity contribution is 1.34. The number of pyridine rings is 1. The molecule has 0 atom stereocenters. The lowest BCUT2D eigenvalue weighted by Crippen LogP contribution is -1.86. The number of hydrogen-bond donors (Lipinski definition) is 1. The van der Waals surface area contributed by atoms with Gasteiger partial charge in [-0.1, -0.05) is 18.2 Å². The molecule has 0 fully saturated rings. The van der Waals surface area contributed by atoms with Gasteiger partial charge in [0.2, 0.25) is 0 Å². The van der Waals surface area contributed by atoms with E-state index in [1.807, 2.05) is 31.3 Å². The van der Waals surface area contributed by atoms with Crippen molar-refractivity contribution in [2.45, 2.75) is 6.92 Å². The fraction of sp³-hybridized carbons (Fsp3) is 0.0769. The summed E-state index contributed by atoms with van der Waals surface area (Å²) in [4.78, 5) is 9.90. The van der Waals surface area contributed by atoms with Gasteiger partial charge in [0.05, 0.1) is 11.2 Å². The third kappa shape index (κ3) is 1.76. The molecule has 0 bridgehead atoms. The van der Waals surface area contributed by atoms with Gasteiger partial charge in [-0.3, -0.25) is 4.98 Å². The van der Waals surface area contributed by atoms with Gasteiger partial charge in [0.15, 0.2) is 5.13 Å². The molecular weight excluding hydrogens is 230 g/mol. The molecule has 3 aromatic rings. The van der Waals surface area contributed by atoms with Gasteiger partial charge in [-0.2, -0.15) is 0 Å². The van der Waals surface area contributed by atoms with E-state index in [-0.39, 0.29) is 0 Å². The zero-order valence-electron chi connectivity index (χ0n) is 9.34. The van der Waals surface area contributed by atoms with E-state index in [4.69, 9.17) is 5.73 Å². The summed E-state index contributed by atoms with van der Waals surface area (Å²) in [6.07, 6.45) is 1.85. The summed E-state index contributed by atoms with van der Waals surface area (Å²) in [6.45, 7) is 2.03. The standard InChI is InChI=1S/C13H11N3S/c1-8-12(16-13(14)17-8)10-6-9-4-2-3-5-11(9)15-7-10/h2-7H,1H3,(H2,14,16). The first-order chi connectivity index (χ1) is 8.24. The van der Waals surface area contributed by atoms with Crippen molar-refractivity contribution in [3.8, 4) is 11.3 Å². The van der Waals surface area contributed by atoms with Gasteiger partial charge < -0.3 is 5.73 Å². The minimum atomic E-state index is 0.602. The number of anilines is 1. The van der Waals surface area contributed by atoms with Gasteiger partial charge in [0.1, 0.15) is 0 Å². The highest BCUT2D eigenvalue weighted by atomic mass is 32.1. The second-order valence-corrected chi connectivity index (χ2v) is 5.11. The van der Waals surface area contributed by atoms with Crippen molar-refractivity contribution in [1.82, 2.24) is 9.97 Å². The highest BCUT2D eigenvalue weighted by Crippen LogP contribution is 2.29. The van der Waals surface area contributed by atoms with Crippen molar-refractivity contribution in [2.75, 3.05) is 5.73 Å². The summed E-state index contributed by atoms with van der Waals surface area (Å²) in [5.74, 6) is 0. The average Bonchev–Trinajstić information content (AvgIpc) is 2.68. The van der Waals surface area contributed by atoms with Gasteiger partial charge in [0, 0.05) is 22.0 Å². The topological polar surface area (TPSA) is 51.8 Å². The molecule has 2 heterocycles. The molecule has 0 spiro atoms. The monoisotopic (exact) mass is 241 g/mol. The summed E-state index contributed by atoms with van der Waals surface area (Å²) in [6, 6.07) is 10.2. The first-order valence-electron chi connectivity index (χ1n) is 5.32. The van der Waals surface area contributed by atoms with Crippen LogP contribution in [0.15, 0.2) is 36.5 Å². The number of hydrogen-bond acceptors (Lipinski definition) is 4. The molecule has 0 aliphatic carbocycles. The largest absolute Gasteiger partial charge is 0.375 e. The van der Waals surface area contributed by atoms with E-state index in [1.165, 1.54) is 11.3 Å². The van der Waals surface area contributed by atoms with E-state index in [2.05, 4.69) is 22.1 Å². The molecule has 0 radical (unpaired) electrons. The molecule has 1 aromatic carbocycles. The molecule has 84 valence electrons. The molecule has 0 saturated heterocycles. The van der Waals surface area contributed by atoms with Crippen LogP contribution in [0.4, 0.5) is 5.13 Å². The Labute approximate surface area is 103 Å². The Morgan fingerprint density at radius 2 is 2.06 bits per heavy atom. The molecule has 2 aromatic heterocycles. The highest BCUT2D eigenvalue weighted by molar-refractivity contribution is 7.15. The molecule has 0 unspecified atom stereocenters. The Morgan fingerprint density at radius 3 is 2.82 bits per heavy atom. The Kier molecular flexibility index (Phi) is 2.30. The molecule has 0 aliphatic rings. The second-order valence-electron chi connectivity index (χ2n) is 3.87. The number of aromatic nitrogens is 2. The minimum absolute atomic E-state index is 0.602. The molecule has 0 saturated carbocycles. The van der Waals surface area contributed by atoms with Crippen LogP contribution >= 0.6 is 11.3 Å². The van der Waals surface area contributed by atoms with Gasteiger partial charge in [-0.25, -0.2) is 4.98 Å². The van der Waals surface area contributed by atoms with E-state index >= 15 is 0 Å². The first-order valence-corrected chi connectivity index (χ1v) is 6.14. The SMILES string of the molecule is Cc1sc(N)nc1-c1cnc2ccccc2c1. The van der Waals surface area contributed by atoms with Crippen molar-refractivity contribution in [3.05, 3.63) is 41.4 Å². The summed E-state index contributed by atoms with van der Waals surface area (Å²) in [5, 5.41) is 1.72. The van der Waals surface area contributed by atoms with E-state index in [9.17, 15) is 0 Å². The zero-order chi connectivity index (χ0) is 11.8. The molecule has 3 nitrogen and oxygen atoms in total. The first kappa shape index (κ1) is 10.2. The third-order valence-electron chi connectivity index (χ3n) is 2.68. The molecule has 17 heavy (non-hydrogen) atoms. The number of thiazole rings is 1. The molecule has 0 amide bonds. The van der Waals surface area contributed by atoms with Gasteiger partial charge in [-0.15, -0.1) is 11.3 Å². The fourth-order valence-electron chi connectivity index (χ4n) is 1.89. The lowest BCUT2D eigenvalue weighted by atomic mass is 10.1. The Bertz CT molecular complexity index is 688. The maximum atomic E-state index is 5.72. The van der Waals surface area contributed by atoms with Crippen molar-refractivity contribution in [3.63, 3.8) is 0 Å². The van der Waals surface area contributed by atoms with Crippen LogP contribution < -0.4 is 5.73 Å². The van der Waals surface area contributed by atoms with Crippen LogP contribution in [0.2, 0.25) is 0 Å². The number of aryl methyl sites for hydroxylation is 1. The van der Waals surface area contributed by atoms with Crippen LogP contribution in [-0.4, -0.2) is 9.97 Å². The smallest absolute Gasteiger partial charge is 0.180 e. The number of fused-ring (bicyclic) bond motifs is 1. The predicted octanol–water partition coefficient (Wildman–Crippen LogP) is 3.25. The Balaban J connectivity index is 2.21. The van der Waals surface area contributed by atoms with Crippen LogP contribution in [0.25, 0.3) is 22.2 Å². The molecule has 3 rings (SSSR count). The van der Waals surface area contributed by atoms with Crippen molar-refractivity contribution in [2.24, 2.45) is 0 Å². The summed E-state index contributed by atoms with van der Waals surface area (Å²) < 4.78 is 0. The van der Waals surface area contributed by atoms with E-state index in [1.54, 1.807) is 0 Å². The summed E-state index contributed by atoms with van der Waals surface area (Å²) >= 11 is 1.51. The van der Waals surface area contributed by atoms with Crippen LogP contribution in [-0.2, 0) is 0 Å². The summed E-state index contributed by atoms with van der Waals surface area (Å²) in [5.41, 5.74) is 8.67. The number of rotatable bonds is 1. The molecule has 0 aliphatic heterocycles. The third-order valence-corrected chi connectivity index (χ3v) is 3.48. The van der Waals surface area contributed by atoms with Crippen molar-refractivity contribution >= 4 is 27.4 Å². The zero-order valence-corrected chi connectivity index (χ0v) is 10.2. The lowest BCUT2D eigenvalue weighted by Gasteiger charge is -2.01. The number of nitrogens with zero attached hydrogens (tertiary/aromatic N) is 2. The maximum absolute atomic E-state index is 5.72. The quantitative estimate of drug-likeness (QED) is 0.711. The van der Waals surface area contributed by atoms with E-state index in [0.29, 0.717) is 5.13 Å². The van der Waals surface area contributed by atoms with Crippen molar-refractivity contribution < 1.29 is 0 Å². The van der Waals surface area contributed by atoms with Gasteiger partial charge >= 0.3 is 0 Å². The predicted molar refractivity (Wildman–Crippen MR) is 72.0 cm³/mol. The van der Waals surface area contributed by atoms with Gasteiger partial charge in [0.25, 0.3) is 0 Å². The highest BCUT2D eigenvalue weighted by Gasteiger charge is 2.08. The number of nitrogen functional groups attached to an aromatic ring is 1. The maximum Gasteiger partial charge on any atom is 0.180 e. The molecule has 4 heteroatoms. The Morgan fingerprint density at radius 1 is 1.24 bits per heavy atom. The normalized spacial score (nSPS) is 10.9. The van der Waals surface area contributed by atoms with E-state index < -0.39 is 0 Å². The van der Waals surface area contributed by atoms with E-state index in [0.717, 1.165) is 27.0 Å². The van der Waals surface area contributed by atoms with Crippen LogP contribution in [0.1, 0.15) is 4.88 Å². The number of para-hydroxylation sites is 1.